The standard InChI is InChI=1S/C44H59NO8Si/c1-44(2,3)53-43(46)45-22-21-40(35-16-18-38(19-17-35)50-24-10-23-48-31-36-11-8-9-12-41(36)47-4)42(29-45)51-30-33-13-14-34-15-20-39(28-37(34)27-33)52-32-49-25-26-54(5,6)7/h8-9,11-20,27-28,40,42H,10,21-26,29-32H2,1-7H3. The molecule has 10 heteroatoms. The Labute approximate surface area is 322 Å². The van der Waals surface area contributed by atoms with Crippen molar-refractivity contribution < 1.29 is 38.0 Å². The van der Waals surface area contributed by atoms with Crippen molar-refractivity contribution in [3.8, 4) is 17.2 Å². The molecule has 0 saturated carbocycles. The zero-order chi connectivity index (χ0) is 38.6. The Balaban J connectivity index is 1.17. The molecule has 1 fully saturated rings. The van der Waals surface area contributed by atoms with Crippen molar-refractivity contribution in [2.75, 3.05) is 46.8 Å². The monoisotopic (exact) mass is 757 g/mol. The van der Waals surface area contributed by atoms with Gasteiger partial charge in [-0.15, -0.1) is 0 Å². The zero-order valence-corrected chi connectivity index (χ0v) is 34.2. The van der Waals surface area contributed by atoms with Gasteiger partial charge in [0.15, 0.2) is 6.79 Å². The van der Waals surface area contributed by atoms with Crippen LogP contribution in [0.25, 0.3) is 10.8 Å². The number of hydrogen-bond donors (Lipinski definition) is 0. The summed E-state index contributed by atoms with van der Waals surface area (Å²) in [6.07, 6.45) is 0.989. The third-order valence-electron chi connectivity index (χ3n) is 9.32. The Hall–Kier alpha value is -4.09. The van der Waals surface area contributed by atoms with E-state index in [1.165, 1.54) is 0 Å². The fraction of sp³-hybridized carbons (Fsp3) is 0.477. The molecule has 1 amide bonds. The largest absolute Gasteiger partial charge is 0.496 e. The SMILES string of the molecule is COc1ccccc1COCCCOc1ccc(C2CCN(C(=O)OC(C)(C)C)CC2OCc2ccc3ccc(OCOCC[Si](C)(C)C)cc3c2)cc1. The first-order valence-electron chi connectivity index (χ1n) is 19.1. The quantitative estimate of drug-likeness (QED) is 0.0564. The molecule has 2 unspecified atom stereocenters. The Morgan fingerprint density at radius 2 is 1.57 bits per heavy atom. The first-order chi connectivity index (χ1) is 25.9. The van der Waals surface area contributed by atoms with Crippen LogP contribution in [0.5, 0.6) is 17.2 Å². The average molecular weight is 758 g/mol. The van der Waals surface area contributed by atoms with E-state index in [2.05, 4.69) is 56.0 Å². The van der Waals surface area contributed by atoms with Crippen LogP contribution in [0.3, 0.4) is 0 Å². The molecule has 1 aliphatic rings. The number of ether oxygens (including phenoxy) is 7. The predicted octanol–water partition coefficient (Wildman–Crippen LogP) is 9.83. The molecule has 292 valence electrons. The third-order valence-corrected chi connectivity index (χ3v) is 11.0. The maximum atomic E-state index is 13.1. The van der Waals surface area contributed by atoms with Crippen LogP contribution in [0.1, 0.15) is 56.2 Å². The Kier molecular flexibility index (Phi) is 14.8. The van der Waals surface area contributed by atoms with Gasteiger partial charge < -0.3 is 38.1 Å². The van der Waals surface area contributed by atoms with E-state index < -0.39 is 13.7 Å². The lowest BCUT2D eigenvalue weighted by Crippen LogP contribution is -2.48. The number of methoxy groups -OCH3 is 1. The van der Waals surface area contributed by atoms with E-state index in [0.717, 1.165) is 70.2 Å². The van der Waals surface area contributed by atoms with Crippen molar-refractivity contribution in [3.63, 3.8) is 0 Å². The summed E-state index contributed by atoms with van der Waals surface area (Å²) in [5.41, 5.74) is 2.66. The van der Waals surface area contributed by atoms with Crippen molar-refractivity contribution in [1.29, 1.82) is 0 Å². The number of likely N-dealkylation sites (tertiary alicyclic amines) is 1. The molecule has 0 aromatic heterocycles. The van der Waals surface area contributed by atoms with Gasteiger partial charge in [-0.3, -0.25) is 0 Å². The fourth-order valence-corrected chi connectivity index (χ4v) is 7.09. The van der Waals surface area contributed by atoms with Crippen LogP contribution in [0.15, 0.2) is 84.9 Å². The van der Waals surface area contributed by atoms with Crippen LogP contribution in [-0.2, 0) is 32.2 Å². The predicted molar refractivity (Wildman–Crippen MR) is 216 cm³/mol. The summed E-state index contributed by atoms with van der Waals surface area (Å²) < 4.78 is 41.4. The molecule has 2 atom stereocenters. The summed E-state index contributed by atoms with van der Waals surface area (Å²) >= 11 is 0. The molecule has 4 aromatic carbocycles. The average Bonchev–Trinajstić information content (AvgIpc) is 3.14. The van der Waals surface area contributed by atoms with Gasteiger partial charge in [0.2, 0.25) is 0 Å². The lowest BCUT2D eigenvalue weighted by molar-refractivity contribution is -0.0359. The summed E-state index contributed by atoms with van der Waals surface area (Å²) in [4.78, 5) is 14.9. The minimum atomic E-state index is -1.14. The molecule has 1 aliphatic heterocycles. The van der Waals surface area contributed by atoms with Crippen molar-refractivity contribution in [2.24, 2.45) is 0 Å². The molecule has 0 aliphatic carbocycles. The summed E-state index contributed by atoms with van der Waals surface area (Å²) in [6.45, 7) is 16.7. The maximum absolute atomic E-state index is 13.1. The van der Waals surface area contributed by atoms with Crippen LogP contribution in [0, 0.1) is 0 Å². The molecule has 0 bridgehead atoms. The van der Waals surface area contributed by atoms with E-state index in [-0.39, 0.29) is 24.9 Å². The van der Waals surface area contributed by atoms with E-state index >= 15 is 0 Å². The van der Waals surface area contributed by atoms with E-state index in [1.54, 1.807) is 12.0 Å². The molecular formula is C44H59NO8Si. The number of carbonyl (C=O) groups excluding carboxylic acids is 1. The molecule has 4 aromatic rings. The third kappa shape index (κ3) is 13.0. The fourth-order valence-electron chi connectivity index (χ4n) is 6.33. The van der Waals surface area contributed by atoms with Crippen LogP contribution in [0.4, 0.5) is 4.79 Å². The number of piperidine rings is 1. The normalized spacial score (nSPS) is 16.3. The molecule has 9 nitrogen and oxygen atoms in total. The Morgan fingerprint density at radius 1 is 0.815 bits per heavy atom. The zero-order valence-electron chi connectivity index (χ0n) is 33.2. The van der Waals surface area contributed by atoms with E-state index in [4.69, 9.17) is 33.2 Å². The minimum Gasteiger partial charge on any atom is -0.496 e. The van der Waals surface area contributed by atoms with Gasteiger partial charge in [-0.05, 0) is 91.5 Å². The van der Waals surface area contributed by atoms with Crippen molar-refractivity contribution in [2.45, 2.75) is 90.1 Å². The van der Waals surface area contributed by atoms with Crippen LogP contribution < -0.4 is 14.2 Å². The van der Waals surface area contributed by atoms with Gasteiger partial charge in [0, 0.05) is 39.1 Å². The van der Waals surface area contributed by atoms with Gasteiger partial charge in [-0.2, -0.15) is 0 Å². The highest BCUT2D eigenvalue weighted by Gasteiger charge is 2.35. The minimum absolute atomic E-state index is 0.0996. The van der Waals surface area contributed by atoms with E-state index in [9.17, 15) is 4.79 Å². The highest BCUT2D eigenvalue weighted by atomic mass is 28.3. The molecule has 1 heterocycles. The molecular weight excluding hydrogens is 699 g/mol. The van der Waals surface area contributed by atoms with Gasteiger partial charge >= 0.3 is 6.09 Å². The van der Waals surface area contributed by atoms with Gasteiger partial charge in [0.25, 0.3) is 0 Å². The first-order valence-corrected chi connectivity index (χ1v) is 22.8. The lowest BCUT2D eigenvalue weighted by Gasteiger charge is -2.39. The van der Waals surface area contributed by atoms with Crippen molar-refractivity contribution in [3.05, 3.63) is 102 Å². The number of para-hydroxylation sites is 1. The summed E-state index contributed by atoms with van der Waals surface area (Å²) in [6, 6.07) is 29.7. The van der Waals surface area contributed by atoms with Crippen molar-refractivity contribution in [1.82, 2.24) is 4.90 Å². The number of fused-ring (bicyclic) bond motifs is 1. The highest BCUT2D eigenvalue weighted by Crippen LogP contribution is 2.33. The Bertz CT molecular complexity index is 1770. The molecule has 0 radical (unpaired) electrons. The second-order valence-corrected chi connectivity index (χ2v) is 21.8. The smallest absolute Gasteiger partial charge is 0.410 e. The number of amides is 1. The van der Waals surface area contributed by atoms with Gasteiger partial charge in [0.05, 0.1) is 46.2 Å². The molecule has 0 N–H and O–H groups in total. The molecule has 0 spiro atoms. The molecule has 54 heavy (non-hydrogen) atoms. The summed E-state index contributed by atoms with van der Waals surface area (Å²) in [5, 5.41) is 2.20. The molecule has 5 rings (SSSR count). The van der Waals surface area contributed by atoms with Crippen LogP contribution in [0.2, 0.25) is 25.7 Å². The summed E-state index contributed by atoms with van der Waals surface area (Å²) in [7, 11) is 0.528. The second-order valence-electron chi connectivity index (χ2n) is 16.1. The highest BCUT2D eigenvalue weighted by molar-refractivity contribution is 6.76. The van der Waals surface area contributed by atoms with Gasteiger partial charge in [-0.1, -0.05) is 68.2 Å². The van der Waals surface area contributed by atoms with Gasteiger partial charge in [-0.25, -0.2) is 4.79 Å². The van der Waals surface area contributed by atoms with Crippen LogP contribution in [-0.4, -0.2) is 77.6 Å². The number of carbonyl (C=O) groups is 1. The van der Waals surface area contributed by atoms with E-state index in [1.807, 2.05) is 69.3 Å². The van der Waals surface area contributed by atoms with E-state index in [0.29, 0.717) is 39.5 Å². The number of hydrogen-bond acceptors (Lipinski definition) is 8. The number of nitrogens with zero attached hydrogens (tertiary/aromatic N) is 1. The topological polar surface area (TPSA) is 84.9 Å². The number of benzene rings is 4. The van der Waals surface area contributed by atoms with Crippen molar-refractivity contribution >= 4 is 24.9 Å². The second kappa shape index (κ2) is 19.5. The Morgan fingerprint density at radius 3 is 2.33 bits per heavy atom. The lowest BCUT2D eigenvalue weighted by atomic mass is 9.87. The van der Waals surface area contributed by atoms with Crippen LogP contribution >= 0.6 is 0 Å². The molecule has 1 saturated heterocycles. The maximum Gasteiger partial charge on any atom is 0.410 e. The first kappa shape index (κ1) is 41.1. The van der Waals surface area contributed by atoms with Gasteiger partial charge in [0.1, 0.15) is 22.8 Å². The number of rotatable bonds is 18. The summed E-state index contributed by atoms with van der Waals surface area (Å²) in [5.74, 6) is 2.52.